The van der Waals surface area contributed by atoms with Crippen LogP contribution in [-0.2, 0) is 16.6 Å². The number of aromatic nitrogens is 2. The quantitative estimate of drug-likeness (QED) is 0.729. The van der Waals surface area contributed by atoms with Gasteiger partial charge in [0, 0.05) is 23.8 Å². The van der Waals surface area contributed by atoms with E-state index >= 15 is 0 Å². The lowest BCUT2D eigenvalue weighted by molar-refractivity contribution is 0.601. The van der Waals surface area contributed by atoms with Crippen LogP contribution in [0.1, 0.15) is 38.1 Å². The van der Waals surface area contributed by atoms with Crippen molar-refractivity contribution in [2.75, 3.05) is 11.3 Å². The van der Waals surface area contributed by atoms with Crippen molar-refractivity contribution in [1.82, 2.24) is 15.3 Å². The first-order chi connectivity index (χ1) is 9.92. The first-order valence-corrected chi connectivity index (χ1v) is 9.15. The minimum Gasteiger partial charge on any atom is -0.363 e. The van der Waals surface area contributed by atoms with Gasteiger partial charge in [-0.25, -0.2) is 13.4 Å². The highest BCUT2D eigenvalue weighted by Gasteiger charge is 2.18. The fourth-order valence-corrected chi connectivity index (χ4v) is 3.85. The summed E-state index contributed by atoms with van der Waals surface area (Å²) in [5, 5.41) is 5.41. The summed E-state index contributed by atoms with van der Waals surface area (Å²) >= 11 is 1.30. The molecule has 0 fully saturated rings. The zero-order valence-electron chi connectivity index (χ0n) is 12.3. The Morgan fingerprint density at radius 1 is 1.43 bits per heavy atom. The van der Waals surface area contributed by atoms with E-state index in [2.05, 4.69) is 20.0 Å². The summed E-state index contributed by atoms with van der Waals surface area (Å²) in [4.78, 5) is 7.46. The highest BCUT2D eigenvalue weighted by Crippen LogP contribution is 2.24. The van der Waals surface area contributed by atoms with Crippen molar-refractivity contribution in [3.05, 3.63) is 29.0 Å². The highest BCUT2D eigenvalue weighted by atomic mass is 32.2. The van der Waals surface area contributed by atoms with Crippen molar-refractivity contribution in [2.24, 2.45) is 0 Å². The molecule has 0 spiro atoms. The third-order valence-electron chi connectivity index (χ3n) is 2.93. The third-order valence-corrected chi connectivity index (χ3v) is 5.15. The van der Waals surface area contributed by atoms with Gasteiger partial charge in [0.25, 0.3) is 10.0 Å². The Kier molecular flexibility index (Phi) is 5.02. The molecule has 2 heterocycles. The Morgan fingerprint density at radius 2 is 2.19 bits per heavy atom. The summed E-state index contributed by atoms with van der Waals surface area (Å²) in [6.45, 7) is 7.48. The summed E-state index contributed by atoms with van der Waals surface area (Å²) in [6.07, 6.45) is 1.49. The summed E-state index contributed by atoms with van der Waals surface area (Å²) < 4.78 is 27.1. The zero-order chi connectivity index (χ0) is 15.5. The van der Waals surface area contributed by atoms with Crippen LogP contribution in [0.4, 0.5) is 5.13 Å². The lowest BCUT2D eigenvalue weighted by Gasteiger charge is -2.02. The molecule has 2 aromatic heterocycles. The maximum Gasteiger partial charge on any atom is 0.265 e. The van der Waals surface area contributed by atoms with E-state index in [-0.39, 0.29) is 10.8 Å². The first-order valence-electron chi connectivity index (χ1n) is 6.78. The average molecular weight is 328 g/mol. The van der Waals surface area contributed by atoms with E-state index in [1.165, 1.54) is 17.5 Å². The fourth-order valence-electron chi connectivity index (χ4n) is 1.71. The van der Waals surface area contributed by atoms with Gasteiger partial charge in [0.1, 0.15) is 4.90 Å². The van der Waals surface area contributed by atoms with Crippen molar-refractivity contribution >= 4 is 26.5 Å². The number of hydrogen-bond donors (Lipinski definition) is 3. The number of aromatic amines is 1. The fraction of sp³-hybridized carbons (Fsp3) is 0.462. The monoisotopic (exact) mass is 328 g/mol. The Morgan fingerprint density at radius 3 is 2.81 bits per heavy atom. The van der Waals surface area contributed by atoms with Crippen molar-refractivity contribution < 1.29 is 8.42 Å². The Balaban J connectivity index is 2.11. The number of nitrogens with zero attached hydrogens (tertiary/aromatic N) is 1. The number of thiazole rings is 1. The molecule has 0 atom stereocenters. The Bertz CT molecular complexity index is 689. The molecule has 2 rings (SSSR count). The lowest BCUT2D eigenvalue weighted by atomic mass is 10.2. The molecule has 116 valence electrons. The molecule has 2 aromatic rings. The second-order valence-electron chi connectivity index (χ2n) is 4.98. The molecule has 0 saturated heterocycles. The largest absolute Gasteiger partial charge is 0.363 e. The van der Waals surface area contributed by atoms with Gasteiger partial charge in [-0.05, 0) is 18.5 Å². The van der Waals surface area contributed by atoms with Gasteiger partial charge in [0.2, 0.25) is 0 Å². The van der Waals surface area contributed by atoms with Gasteiger partial charge in [0.05, 0.1) is 5.69 Å². The van der Waals surface area contributed by atoms with Gasteiger partial charge in [-0.2, -0.15) is 0 Å². The van der Waals surface area contributed by atoms with Crippen LogP contribution in [0.2, 0.25) is 0 Å². The lowest BCUT2D eigenvalue weighted by Crippen LogP contribution is -2.13. The number of sulfonamides is 1. The van der Waals surface area contributed by atoms with Crippen LogP contribution in [0.3, 0.4) is 0 Å². The van der Waals surface area contributed by atoms with Crippen LogP contribution in [0.15, 0.2) is 22.5 Å². The van der Waals surface area contributed by atoms with Crippen molar-refractivity contribution in [3.63, 3.8) is 0 Å². The summed E-state index contributed by atoms with van der Waals surface area (Å²) in [5.74, 6) is 0.276. The molecule has 0 aliphatic rings. The molecule has 3 N–H and O–H groups in total. The molecule has 6 nitrogen and oxygen atoms in total. The van der Waals surface area contributed by atoms with Crippen molar-refractivity contribution in [1.29, 1.82) is 0 Å². The molecule has 0 aliphatic heterocycles. The number of nitrogens with one attached hydrogen (secondary N) is 3. The van der Waals surface area contributed by atoms with E-state index in [1.807, 2.05) is 26.2 Å². The summed E-state index contributed by atoms with van der Waals surface area (Å²) in [5.41, 5.74) is 1.72. The second kappa shape index (κ2) is 6.59. The minimum atomic E-state index is -3.59. The van der Waals surface area contributed by atoms with Gasteiger partial charge in [-0.15, -0.1) is 11.3 Å². The molecular weight excluding hydrogens is 308 g/mol. The topological polar surface area (TPSA) is 86.9 Å². The van der Waals surface area contributed by atoms with Crippen LogP contribution in [-0.4, -0.2) is 24.9 Å². The van der Waals surface area contributed by atoms with E-state index in [1.54, 1.807) is 6.07 Å². The molecule has 0 bridgehead atoms. The SMILES string of the molecule is CCNCc1cc(S(=O)(=O)Nc2nc(C(C)C)cs2)c[nH]1. The predicted molar refractivity (Wildman–Crippen MR) is 85.2 cm³/mol. The van der Waals surface area contributed by atoms with Gasteiger partial charge in [0.15, 0.2) is 5.13 Å². The Labute approximate surface area is 129 Å². The third kappa shape index (κ3) is 4.05. The maximum atomic E-state index is 12.3. The van der Waals surface area contributed by atoms with Gasteiger partial charge in [-0.3, -0.25) is 4.72 Å². The molecule has 0 saturated carbocycles. The molecular formula is C13H20N4O2S2. The molecule has 0 aliphatic carbocycles. The number of hydrogen-bond acceptors (Lipinski definition) is 5. The van der Waals surface area contributed by atoms with Crippen LogP contribution in [0.5, 0.6) is 0 Å². The number of H-pyrrole nitrogens is 1. The molecule has 0 amide bonds. The standard InChI is InChI=1S/C13H20N4O2S2/c1-4-14-6-10-5-11(7-15-10)21(18,19)17-13-16-12(8-20-13)9(2)3/h5,7-9,14-15H,4,6H2,1-3H3,(H,16,17). The smallest absolute Gasteiger partial charge is 0.265 e. The van der Waals surface area contributed by atoms with E-state index in [0.717, 1.165) is 17.9 Å². The van der Waals surface area contributed by atoms with Crippen LogP contribution in [0.25, 0.3) is 0 Å². The van der Waals surface area contributed by atoms with Gasteiger partial charge in [-0.1, -0.05) is 20.8 Å². The molecule has 0 aromatic carbocycles. The van der Waals surface area contributed by atoms with E-state index < -0.39 is 10.0 Å². The Hall–Kier alpha value is -1.38. The van der Waals surface area contributed by atoms with E-state index in [9.17, 15) is 8.42 Å². The first kappa shape index (κ1) is 16.0. The van der Waals surface area contributed by atoms with Crippen molar-refractivity contribution in [3.8, 4) is 0 Å². The summed E-state index contributed by atoms with van der Waals surface area (Å²) in [7, 11) is -3.59. The number of rotatable bonds is 7. The van der Waals surface area contributed by atoms with Gasteiger partial charge < -0.3 is 10.3 Å². The van der Waals surface area contributed by atoms with E-state index in [0.29, 0.717) is 11.7 Å². The maximum absolute atomic E-state index is 12.3. The van der Waals surface area contributed by atoms with Gasteiger partial charge >= 0.3 is 0 Å². The predicted octanol–water partition coefficient (Wildman–Crippen LogP) is 2.50. The molecule has 0 unspecified atom stereocenters. The minimum absolute atomic E-state index is 0.219. The van der Waals surface area contributed by atoms with Crippen LogP contribution >= 0.6 is 11.3 Å². The number of anilines is 1. The van der Waals surface area contributed by atoms with E-state index in [4.69, 9.17) is 0 Å². The van der Waals surface area contributed by atoms with Crippen LogP contribution < -0.4 is 10.0 Å². The second-order valence-corrected chi connectivity index (χ2v) is 7.52. The molecule has 8 heteroatoms. The normalized spacial score (nSPS) is 12.0. The summed E-state index contributed by atoms with van der Waals surface area (Å²) in [6, 6.07) is 1.63. The molecule has 21 heavy (non-hydrogen) atoms. The van der Waals surface area contributed by atoms with Crippen LogP contribution in [0, 0.1) is 0 Å². The highest BCUT2D eigenvalue weighted by molar-refractivity contribution is 7.93. The zero-order valence-corrected chi connectivity index (χ0v) is 13.9. The average Bonchev–Trinajstić information content (AvgIpc) is 3.04. The van der Waals surface area contributed by atoms with Crippen molar-refractivity contribution in [2.45, 2.75) is 38.1 Å². The molecule has 0 radical (unpaired) electrons.